The van der Waals surface area contributed by atoms with Crippen molar-refractivity contribution in [3.63, 3.8) is 0 Å². The largest absolute Gasteiger partial charge is 0.618 e. The molecule has 4 aromatic heterocycles. The molecule has 5 aromatic rings. The number of pyridine rings is 1. The third-order valence-corrected chi connectivity index (χ3v) is 4.52. The van der Waals surface area contributed by atoms with E-state index in [-0.39, 0.29) is 0 Å². The van der Waals surface area contributed by atoms with Crippen LogP contribution in [0.5, 0.6) is 0 Å². The van der Waals surface area contributed by atoms with E-state index in [0.29, 0.717) is 17.6 Å². The van der Waals surface area contributed by atoms with Crippen LogP contribution in [0.25, 0.3) is 27.8 Å². The van der Waals surface area contributed by atoms with Gasteiger partial charge in [0.15, 0.2) is 17.7 Å². The molecule has 0 aliphatic heterocycles. The highest BCUT2D eigenvalue weighted by molar-refractivity contribution is 5.76. The molecule has 0 spiro atoms. The molecule has 1 aromatic carbocycles. The van der Waals surface area contributed by atoms with Gasteiger partial charge < -0.3 is 5.21 Å². The Morgan fingerprint density at radius 2 is 2.04 bits per heavy atom. The van der Waals surface area contributed by atoms with Gasteiger partial charge >= 0.3 is 0 Å². The van der Waals surface area contributed by atoms with Crippen molar-refractivity contribution in [3.05, 3.63) is 77.7 Å². The average molecular weight is 357 g/mol. The Labute approximate surface area is 153 Å². The van der Waals surface area contributed by atoms with E-state index in [9.17, 15) is 5.21 Å². The third-order valence-electron chi connectivity index (χ3n) is 4.52. The van der Waals surface area contributed by atoms with E-state index in [1.165, 1.54) is 6.20 Å². The quantitative estimate of drug-likeness (QED) is 0.363. The first kappa shape index (κ1) is 15.4. The molecule has 0 aliphatic rings. The van der Waals surface area contributed by atoms with Crippen molar-refractivity contribution < 1.29 is 4.73 Å². The first-order chi connectivity index (χ1) is 13.2. The summed E-state index contributed by atoms with van der Waals surface area (Å²) in [5, 5.41) is 30.1. The number of rotatable bonds is 3. The highest BCUT2D eigenvalue weighted by atomic mass is 16.5. The Hall–Kier alpha value is -3.81. The Balaban J connectivity index is 1.55. The lowest BCUT2D eigenvalue weighted by Crippen LogP contribution is -2.25. The summed E-state index contributed by atoms with van der Waals surface area (Å²) >= 11 is 0. The lowest BCUT2D eigenvalue weighted by Gasteiger charge is -2.04. The fraction of sp³-hybridized carbons (Fsp3) is 0.105. The SMILES string of the molecule is Cn1cc(-c2ccc3nnc(Cc4ccc5c(ccc[n+]5[O-])c4)n3n2)cn1. The van der Waals surface area contributed by atoms with E-state index in [2.05, 4.69) is 20.4 Å². The van der Waals surface area contributed by atoms with Crippen LogP contribution in [0.4, 0.5) is 0 Å². The number of benzene rings is 1. The minimum absolute atomic E-state index is 0.564. The maximum absolute atomic E-state index is 11.8. The highest BCUT2D eigenvalue weighted by Crippen LogP contribution is 2.18. The molecule has 0 bridgehead atoms. The second-order valence-corrected chi connectivity index (χ2v) is 6.41. The van der Waals surface area contributed by atoms with Gasteiger partial charge in [0, 0.05) is 42.7 Å². The molecule has 0 saturated heterocycles. The summed E-state index contributed by atoms with van der Waals surface area (Å²) in [5.41, 5.74) is 4.11. The van der Waals surface area contributed by atoms with Gasteiger partial charge in [-0.1, -0.05) is 6.07 Å². The van der Waals surface area contributed by atoms with Crippen LogP contribution >= 0.6 is 0 Å². The number of aromatic nitrogens is 7. The molecule has 0 N–H and O–H groups in total. The van der Waals surface area contributed by atoms with E-state index in [4.69, 9.17) is 0 Å². The summed E-state index contributed by atoms with van der Waals surface area (Å²) in [6.45, 7) is 0. The number of aryl methyl sites for hydroxylation is 1. The second-order valence-electron chi connectivity index (χ2n) is 6.41. The third kappa shape index (κ3) is 2.67. The van der Waals surface area contributed by atoms with Gasteiger partial charge in [-0.15, -0.1) is 10.2 Å². The van der Waals surface area contributed by atoms with Crippen molar-refractivity contribution in [1.82, 2.24) is 29.6 Å². The standard InChI is InChI=1S/C19H15N7O/c1-24-12-15(11-20-24)16-5-7-18-21-22-19(26(18)23-16)10-13-4-6-17-14(9-13)3-2-8-25(17)27/h2-9,11-12H,10H2,1H3. The molecule has 0 radical (unpaired) electrons. The fourth-order valence-electron chi connectivity index (χ4n) is 3.19. The molecule has 0 aliphatic carbocycles. The van der Waals surface area contributed by atoms with E-state index in [1.54, 1.807) is 21.5 Å². The average Bonchev–Trinajstić information content (AvgIpc) is 3.28. The van der Waals surface area contributed by atoms with Crippen LogP contribution in [0.1, 0.15) is 11.4 Å². The zero-order valence-electron chi connectivity index (χ0n) is 14.5. The lowest BCUT2D eigenvalue weighted by atomic mass is 10.1. The van der Waals surface area contributed by atoms with Gasteiger partial charge in [-0.2, -0.15) is 19.4 Å². The zero-order valence-corrected chi connectivity index (χ0v) is 14.5. The van der Waals surface area contributed by atoms with Gasteiger partial charge in [0.25, 0.3) is 0 Å². The molecule has 0 saturated carbocycles. The van der Waals surface area contributed by atoms with Crippen molar-refractivity contribution >= 4 is 16.6 Å². The molecule has 8 heteroatoms. The van der Waals surface area contributed by atoms with Crippen LogP contribution in [0.2, 0.25) is 0 Å². The normalized spacial score (nSPS) is 11.4. The van der Waals surface area contributed by atoms with Gasteiger partial charge in [-0.25, -0.2) is 0 Å². The van der Waals surface area contributed by atoms with Crippen LogP contribution < -0.4 is 4.73 Å². The van der Waals surface area contributed by atoms with Gasteiger partial charge in [0.1, 0.15) is 0 Å². The molecule has 5 rings (SSSR count). The topological polar surface area (TPSA) is 87.8 Å². The van der Waals surface area contributed by atoms with Gasteiger partial charge in [-0.3, -0.25) is 4.68 Å². The molecule has 27 heavy (non-hydrogen) atoms. The predicted octanol–water partition coefficient (Wildman–Crippen LogP) is 1.90. The predicted molar refractivity (Wildman–Crippen MR) is 98.7 cm³/mol. The molecular weight excluding hydrogens is 342 g/mol. The molecule has 0 fully saturated rings. The molecular formula is C19H15N7O. The maximum atomic E-state index is 11.8. The highest BCUT2D eigenvalue weighted by Gasteiger charge is 2.12. The van der Waals surface area contributed by atoms with E-state index in [1.807, 2.05) is 49.6 Å². The van der Waals surface area contributed by atoms with Gasteiger partial charge in [0.2, 0.25) is 5.52 Å². The molecule has 132 valence electrons. The summed E-state index contributed by atoms with van der Waals surface area (Å²) in [7, 11) is 1.87. The minimum atomic E-state index is 0.564. The van der Waals surface area contributed by atoms with Gasteiger partial charge in [-0.05, 0) is 29.8 Å². The summed E-state index contributed by atoms with van der Waals surface area (Å²) < 4.78 is 4.37. The first-order valence-electron chi connectivity index (χ1n) is 8.48. The fourth-order valence-corrected chi connectivity index (χ4v) is 3.19. The smallest absolute Gasteiger partial charge is 0.223 e. The summed E-state index contributed by atoms with van der Waals surface area (Å²) in [6, 6.07) is 13.2. The van der Waals surface area contributed by atoms with Crippen LogP contribution in [-0.2, 0) is 13.5 Å². The summed E-state index contributed by atoms with van der Waals surface area (Å²) in [4.78, 5) is 0. The summed E-state index contributed by atoms with van der Waals surface area (Å²) in [6.07, 6.45) is 5.76. The Kier molecular flexibility index (Phi) is 3.36. The maximum Gasteiger partial charge on any atom is 0.223 e. The van der Waals surface area contributed by atoms with Crippen molar-refractivity contribution in [2.45, 2.75) is 6.42 Å². The molecule has 0 amide bonds. The lowest BCUT2D eigenvalue weighted by molar-refractivity contribution is -0.577. The summed E-state index contributed by atoms with van der Waals surface area (Å²) in [5.74, 6) is 0.737. The second kappa shape index (κ2) is 5.87. The Morgan fingerprint density at radius 1 is 1.11 bits per heavy atom. The van der Waals surface area contributed by atoms with Crippen molar-refractivity contribution in [1.29, 1.82) is 0 Å². The van der Waals surface area contributed by atoms with E-state index >= 15 is 0 Å². The van der Waals surface area contributed by atoms with Crippen molar-refractivity contribution in [2.24, 2.45) is 7.05 Å². The zero-order chi connectivity index (χ0) is 18.4. The van der Waals surface area contributed by atoms with E-state index in [0.717, 1.165) is 32.8 Å². The Bertz CT molecular complexity index is 1290. The monoisotopic (exact) mass is 357 g/mol. The van der Waals surface area contributed by atoms with Crippen molar-refractivity contribution in [3.8, 4) is 11.3 Å². The Morgan fingerprint density at radius 3 is 2.89 bits per heavy atom. The number of fused-ring (bicyclic) bond motifs is 2. The molecule has 0 unspecified atom stereocenters. The molecule has 4 heterocycles. The van der Waals surface area contributed by atoms with Crippen LogP contribution in [-0.4, -0.2) is 29.6 Å². The number of nitrogens with zero attached hydrogens (tertiary/aromatic N) is 7. The number of hydrogen-bond donors (Lipinski definition) is 0. The number of hydrogen-bond acceptors (Lipinski definition) is 5. The molecule has 8 nitrogen and oxygen atoms in total. The van der Waals surface area contributed by atoms with Crippen LogP contribution in [0.15, 0.2) is 61.1 Å². The molecule has 0 atom stereocenters. The van der Waals surface area contributed by atoms with Crippen LogP contribution in [0, 0.1) is 5.21 Å². The van der Waals surface area contributed by atoms with Crippen LogP contribution in [0.3, 0.4) is 0 Å². The first-order valence-corrected chi connectivity index (χ1v) is 8.48. The van der Waals surface area contributed by atoms with E-state index < -0.39 is 0 Å². The van der Waals surface area contributed by atoms with Crippen molar-refractivity contribution in [2.75, 3.05) is 0 Å². The van der Waals surface area contributed by atoms with Gasteiger partial charge in [0.05, 0.1) is 11.9 Å². The minimum Gasteiger partial charge on any atom is -0.618 e.